The summed E-state index contributed by atoms with van der Waals surface area (Å²) in [6, 6.07) is 10.2. The van der Waals surface area contributed by atoms with E-state index in [1.807, 2.05) is 29.8 Å². The minimum atomic E-state index is -0.446. The van der Waals surface area contributed by atoms with E-state index in [-0.39, 0.29) is 17.5 Å². The van der Waals surface area contributed by atoms with Crippen LogP contribution in [0.5, 0.6) is 0 Å². The number of aromatic nitrogens is 2. The largest absolute Gasteiger partial charge is 0.291 e. The van der Waals surface area contributed by atoms with Crippen molar-refractivity contribution in [2.75, 3.05) is 13.1 Å². The average molecular weight is 472 g/mol. The summed E-state index contributed by atoms with van der Waals surface area (Å²) in [4.78, 5) is 27.6. The number of hydrogen-bond donors (Lipinski definition) is 2. The molecule has 1 aliphatic carbocycles. The molecule has 0 radical (unpaired) electrons. The lowest BCUT2D eigenvalue weighted by molar-refractivity contribution is -0.128. The van der Waals surface area contributed by atoms with Gasteiger partial charge in [0.25, 0.3) is 11.5 Å². The number of aryl methyl sites for hydroxylation is 1. The highest BCUT2D eigenvalue weighted by molar-refractivity contribution is 9.10. The van der Waals surface area contributed by atoms with Crippen molar-refractivity contribution >= 4 is 27.5 Å². The van der Waals surface area contributed by atoms with Crippen molar-refractivity contribution in [2.45, 2.75) is 45.2 Å². The van der Waals surface area contributed by atoms with Crippen molar-refractivity contribution in [3.63, 3.8) is 0 Å². The zero-order valence-corrected chi connectivity index (χ0v) is 18.6. The van der Waals surface area contributed by atoms with Crippen LogP contribution in [0.1, 0.15) is 49.9 Å². The van der Waals surface area contributed by atoms with E-state index in [9.17, 15) is 9.59 Å². The van der Waals surface area contributed by atoms with Crippen LogP contribution in [-0.4, -0.2) is 39.4 Å². The zero-order valence-electron chi connectivity index (χ0n) is 17.0. The van der Waals surface area contributed by atoms with Crippen LogP contribution in [0.15, 0.2) is 44.7 Å². The number of aromatic amines is 1. The number of rotatable bonds is 5. The van der Waals surface area contributed by atoms with Crippen LogP contribution in [-0.2, 0) is 11.3 Å². The second kappa shape index (κ2) is 7.50. The first-order valence-electron chi connectivity index (χ1n) is 10.7. The van der Waals surface area contributed by atoms with Gasteiger partial charge in [-0.3, -0.25) is 24.3 Å². The van der Waals surface area contributed by atoms with E-state index in [1.165, 1.54) is 0 Å². The molecule has 158 valence electrons. The fourth-order valence-corrected chi connectivity index (χ4v) is 5.61. The third-order valence-electron chi connectivity index (χ3n) is 6.83. The van der Waals surface area contributed by atoms with E-state index in [1.54, 1.807) is 0 Å². The monoisotopic (exact) mass is 471 g/mol. The van der Waals surface area contributed by atoms with Crippen molar-refractivity contribution in [1.29, 1.82) is 0 Å². The molecular formula is C22H26BrN5O2. The summed E-state index contributed by atoms with van der Waals surface area (Å²) in [6.45, 7) is 4.25. The molecule has 7 nitrogen and oxygen atoms in total. The Bertz CT molecular complexity index is 1050. The standard InChI is InChI=1S/C22H26BrN5O2/c1-2-28-18(16(23)20(29)26-28)17(14-6-4-3-5-7-14)27-12-10-22(11-13-27)19(15-8-9-15)24-25-21(22)30/h3-7,15,17H,2,8-13H2,1H3,(H,25,30)(H,26,29). The van der Waals surface area contributed by atoms with Gasteiger partial charge in [0, 0.05) is 25.6 Å². The molecule has 30 heavy (non-hydrogen) atoms. The van der Waals surface area contributed by atoms with E-state index in [0.717, 1.165) is 55.7 Å². The molecule has 5 rings (SSSR count). The number of carbonyl (C=O) groups is 1. The van der Waals surface area contributed by atoms with E-state index in [0.29, 0.717) is 16.9 Å². The summed E-state index contributed by atoms with van der Waals surface area (Å²) >= 11 is 3.54. The molecule has 2 N–H and O–H groups in total. The normalized spacial score (nSPS) is 22.2. The summed E-state index contributed by atoms with van der Waals surface area (Å²) in [7, 11) is 0. The molecule has 2 fully saturated rings. The first kappa shape index (κ1) is 19.8. The number of H-pyrrole nitrogens is 1. The van der Waals surface area contributed by atoms with Gasteiger partial charge in [-0.25, -0.2) is 5.43 Å². The summed E-state index contributed by atoms with van der Waals surface area (Å²) in [5, 5.41) is 7.37. The Morgan fingerprint density at radius 2 is 1.90 bits per heavy atom. The third kappa shape index (κ3) is 3.08. The van der Waals surface area contributed by atoms with Crippen LogP contribution in [0, 0.1) is 11.3 Å². The third-order valence-corrected chi connectivity index (χ3v) is 7.59. The number of hydrazone groups is 1. The molecule has 0 bridgehead atoms. The first-order valence-corrected chi connectivity index (χ1v) is 11.5. The van der Waals surface area contributed by atoms with Crippen molar-refractivity contribution in [1.82, 2.24) is 20.1 Å². The van der Waals surface area contributed by atoms with Crippen molar-refractivity contribution in [3.05, 3.63) is 56.4 Å². The Balaban J connectivity index is 1.49. The van der Waals surface area contributed by atoms with Gasteiger partial charge in [0.1, 0.15) is 4.47 Å². The van der Waals surface area contributed by atoms with Gasteiger partial charge in [0.15, 0.2) is 0 Å². The van der Waals surface area contributed by atoms with Gasteiger partial charge in [0.2, 0.25) is 0 Å². The second-order valence-corrected chi connectivity index (χ2v) is 9.32. The fourth-order valence-electron chi connectivity index (χ4n) is 5.09. The molecule has 1 aromatic heterocycles. The van der Waals surface area contributed by atoms with Crippen LogP contribution < -0.4 is 11.0 Å². The number of nitrogens with zero attached hydrogens (tertiary/aromatic N) is 3. The molecule has 1 amide bonds. The number of benzene rings is 1. The Morgan fingerprint density at radius 3 is 2.53 bits per heavy atom. The number of hydrogen-bond acceptors (Lipinski definition) is 4. The topological polar surface area (TPSA) is 82.5 Å². The fraction of sp³-hybridized carbons (Fsp3) is 0.500. The maximum absolute atomic E-state index is 12.8. The Morgan fingerprint density at radius 1 is 1.20 bits per heavy atom. The van der Waals surface area contributed by atoms with Gasteiger partial charge >= 0.3 is 0 Å². The number of halogens is 1. The molecule has 2 aliphatic heterocycles. The number of carbonyl (C=O) groups excluding carboxylic acids is 1. The van der Waals surface area contributed by atoms with Crippen LogP contribution in [0.25, 0.3) is 0 Å². The highest BCUT2D eigenvalue weighted by atomic mass is 79.9. The van der Waals surface area contributed by atoms with Gasteiger partial charge < -0.3 is 0 Å². The van der Waals surface area contributed by atoms with Gasteiger partial charge in [-0.15, -0.1) is 0 Å². The van der Waals surface area contributed by atoms with E-state index < -0.39 is 5.41 Å². The van der Waals surface area contributed by atoms with E-state index in [4.69, 9.17) is 0 Å². The van der Waals surface area contributed by atoms with E-state index >= 15 is 0 Å². The van der Waals surface area contributed by atoms with Crippen molar-refractivity contribution in [2.24, 2.45) is 16.4 Å². The molecule has 1 aromatic carbocycles. The van der Waals surface area contributed by atoms with Crippen LogP contribution in [0.3, 0.4) is 0 Å². The van der Waals surface area contributed by atoms with Gasteiger partial charge in [-0.05, 0) is 54.1 Å². The highest BCUT2D eigenvalue weighted by Crippen LogP contribution is 2.47. The quantitative estimate of drug-likeness (QED) is 0.702. The summed E-state index contributed by atoms with van der Waals surface area (Å²) in [5.74, 6) is 0.540. The molecule has 8 heteroatoms. The van der Waals surface area contributed by atoms with Crippen LogP contribution >= 0.6 is 15.9 Å². The number of nitrogens with one attached hydrogen (secondary N) is 2. The average Bonchev–Trinajstić information content (AvgIpc) is 3.51. The van der Waals surface area contributed by atoms with Crippen molar-refractivity contribution < 1.29 is 4.79 Å². The molecular weight excluding hydrogens is 446 g/mol. The first-order chi connectivity index (χ1) is 14.5. The maximum Gasteiger partial charge on any atom is 0.278 e. The molecule has 3 heterocycles. The molecule has 1 saturated carbocycles. The molecule has 1 atom stereocenters. The van der Waals surface area contributed by atoms with Crippen LogP contribution in [0.4, 0.5) is 0 Å². The molecule has 2 aromatic rings. The number of likely N-dealkylation sites (tertiary alicyclic amines) is 1. The van der Waals surface area contributed by atoms with E-state index in [2.05, 4.69) is 48.6 Å². The molecule has 1 saturated heterocycles. The Labute approximate surface area is 183 Å². The van der Waals surface area contributed by atoms with Crippen LogP contribution in [0.2, 0.25) is 0 Å². The molecule has 3 aliphatic rings. The van der Waals surface area contributed by atoms with Gasteiger partial charge in [0.05, 0.1) is 22.9 Å². The second-order valence-electron chi connectivity index (χ2n) is 8.53. The lowest BCUT2D eigenvalue weighted by atomic mass is 9.72. The minimum Gasteiger partial charge on any atom is -0.291 e. The van der Waals surface area contributed by atoms with Gasteiger partial charge in [-0.2, -0.15) is 5.10 Å². The summed E-state index contributed by atoms with van der Waals surface area (Å²) in [5.41, 5.74) is 5.37. The Kier molecular flexibility index (Phi) is 4.94. The molecule has 1 unspecified atom stereocenters. The van der Waals surface area contributed by atoms with Crippen molar-refractivity contribution in [3.8, 4) is 0 Å². The maximum atomic E-state index is 12.8. The zero-order chi connectivity index (χ0) is 20.9. The highest BCUT2D eigenvalue weighted by Gasteiger charge is 2.54. The predicted molar refractivity (Wildman–Crippen MR) is 118 cm³/mol. The number of amides is 1. The minimum absolute atomic E-state index is 0.0635. The summed E-state index contributed by atoms with van der Waals surface area (Å²) in [6.07, 6.45) is 3.81. The smallest absolute Gasteiger partial charge is 0.278 e. The summed E-state index contributed by atoms with van der Waals surface area (Å²) < 4.78 is 2.51. The predicted octanol–water partition coefficient (Wildman–Crippen LogP) is 3.03. The van der Waals surface area contributed by atoms with Gasteiger partial charge in [-0.1, -0.05) is 30.3 Å². The number of piperidine rings is 1. The molecule has 1 spiro atoms. The lowest BCUT2D eigenvalue weighted by Gasteiger charge is -2.42. The lowest BCUT2D eigenvalue weighted by Crippen LogP contribution is -2.49. The Hall–Kier alpha value is -2.19. The SMILES string of the molecule is CCn1[nH]c(=O)c(Br)c1C(c1ccccc1)N1CCC2(CC1)C(=O)NN=C2C1CC1.